The molecule has 0 heterocycles. The number of phenolic OH excluding ortho intramolecular Hbond substituents is 1. The Bertz CT molecular complexity index is 488. The number of nitrogens with one attached hydrogen (secondary N) is 2. The van der Waals surface area contributed by atoms with Crippen LogP contribution in [0, 0.1) is 0 Å². The van der Waals surface area contributed by atoms with Gasteiger partial charge in [-0.25, -0.2) is 4.79 Å². The normalized spacial score (nSPS) is 10.8. The fourth-order valence-electron chi connectivity index (χ4n) is 3.39. The van der Waals surface area contributed by atoms with Crippen molar-refractivity contribution in [2.45, 2.75) is 96.8 Å². The highest BCUT2D eigenvalue weighted by molar-refractivity contribution is 5.73. The lowest BCUT2D eigenvalue weighted by molar-refractivity contribution is 0.240. The lowest BCUT2D eigenvalue weighted by Crippen LogP contribution is -2.36. The number of phenols is 1. The van der Waals surface area contributed by atoms with Crippen molar-refractivity contribution in [3.05, 3.63) is 29.8 Å². The van der Waals surface area contributed by atoms with E-state index < -0.39 is 0 Å². The monoisotopic (exact) mass is 390 g/mol. The lowest BCUT2D eigenvalue weighted by atomic mass is 10.1. The molecule has 3 N–H and O–H groups in total. The fourth-order valence-corrected chi connectivity index (χ4v) is 3.39. The highest BCUT2D eigenvalue weighted by atomic mass is 16.3. The zero-order chi connectivity index (χ0) is 20.3. The van der Waals surface area contributed by atoms with E-state index in [1.165, 1.54) is 76.2 Å². The largest absolute Gasteiger partial charge is 0.508 e. The van der Waals surface area contributed by atoms with Crippen LogP contribution in [0.3, 0.4) is 0 Å². The van der Waals surface area contributed by atoms with Gasteiger partial charge in [0, 0.05) is 13.1 Å². The molecule has 0 bridgehead atoms. The summed E-state index contributed by atoms with van der Waals surface area (Å²) in [7, 11) is 0. The summed E-state index contributed by atoms with van der Waals surface area (Å²) in [6.45, 7) is 3.70. The summed E-state index contributed by atoms with van der Waals surface area (Å²) in [5, 5.41) is 15.1. The van der Waals surface area contributed by atoms with Crippen LogP contribution in [0.25, 0.3) is 0 Å². The van der Waals surface area contributed by atoms with Gasteiger partial charge in [0.1, 0.15) is 5.75 Å². The number of aromatic hydroxyl groups is 1. The molecule has 28 heavy (non-hydrogen) atoms. The van der Waals surface area contributed by atoms with E-state index in [-0.39, 0.29) is 6.03 Å². The van der Waals surface area contributed by atoms with Crippen molar-refractivity contribution in [3.8, 4) is 5.75 Å². The number of carbonyl (C=O) groups excluding carboxylic acids is 1. The molecule has 0 fully saturated rings. The summed E-state index contributed by atoms with van der Waals surface area (Å²) in [5.74, 6) is 0.291. The maximum Gasteiger partial charge on any atom is 0.314 e. The highest BCUT2D eigenvalue weighted by Crippen LogP contribution is 2.12. The van der Waals surface area contributed by atoms with Crippen LogP contribution in [0.2, 0.25) is 0 Å². The van der Waals surface area contributed by atoms with Gasteiger partial charge < -0.3 is 15.7 Å². The van der Waals surface area contributed by atoms with Crippen LogP contribution in [-0.4, -0.2) is 24.2 Å². The summed E-state index contributed by atoms with van der Waals surface area (Å²) in [4.78, 5) is 11.7. The van der Waals surface area contributed by atoms with Crippen LogP contribution >= 0.6 is 0 Å². The molecular weight excluding hydrogens is 348 g/mol. The number of hydrogen-bond donors (Lipinski definition) is 3. The van der Waals surface area contributed by atoms with Gasteiger partial charge in [-0.05, 0) is 37.0 Å². The van der Waals surface area contributed by atoms with Crippen LogP contribution in [0.4, 0.5) is 4.79 Å². The average Bonchev–Trinajstić information content (AvgIpc) is 2.70. The molecule has 1 rings (SSSR count). The fraction of sp³-hybridized carbons (Fsp3) is 0.708. The van der Waals surface area contributed by atoms with E-state index >= 15 is 0 Å². The molecule has 2 amide bonds. The zero-order valence-electron chi connectivity index (χ0n) is 18.0. The van der Waals surface area contributed by atoms with Crippen molar-refractivity contribution in [1.29, 1.82) is 0 Å². The predicted molar refractivity (Wildman–Crippen MR) is 119 cm³/mol. The molecule has 0 aliphatic carbocycles. The minimum atomic E-state index is -0.0613. The predicted octanol–water partition coefficient (Wildman–Crippen LogP) is 6.33. The first-order valence-corrected chi connectivity index (χ1v) is 11.5. The Morgan fingerprint density at radius 1 is 0.714 bits per heavy atom. The van der Waals surface area contributed by atoms with Crippen LogP contribution in [0.15, 0.2) is 24.3 Å². The van der Waals surface area contributed by atoms with Crippen LogP contribution in [0.5, 0.6) is 5.75 Å². The zero-order valence-corrected chi connectivity index (χ0v) is 18.0. The lowest BCUT2D eigenvalue weighted by Gasteiger charge is -2.08. The Morgan fingerprint density at radius 2 is 1.18 bits per heavy atom. The second-order valence-corrected chi connectivity index (χ2v) is 7.84. The van der Waals surface area contributed by atoms with Gasteiger partial charge in [0.15, 0.2) is 0 Å². The van der Waals surface area contributed by atoms with Gasteiger partial charge in [-0.1, -0.05) is 89.7 Å². The third-order valence-electron chi connectivity index (χ3n) is 5.18. The van der Waals surface area contributed by atoms with E-state index in [1.807, 2.05) is 12.1 Å². The van der Waals surface area contributed by atoms with Gasteiger partial charge in [0.05, 0.1) is 0 Å². The van der Waals surface area contributed by atoms with Gasteiger partial charge in [0.2, 0.25) is 0 Å². The van der Waals surface area contributed by atoms with Gasteiger partial charge in [0.25, 0.3) is 0 Å². The second-order valence-electron chi connectivity index (χ2n) is 7.84. The molecule has 0 aliphatic rings. The molecule has 4 heteroatoms. The van der Waals surface area contributed by atoms with Crippen molar-refractivity contribution >= 4 is 6.03 Å². The summed E-state index contributed by atoms with van der Waals surface area (Å²) < 4.78 is 0. The minimum Gasteiger partial charge on any atom is -0.508 e. The van der Waals surface area contributed by atoms with Crippen molar-refractivity contribution in [2.75, 3.05) is 13.1 Å². The van der Waals surface area contributed by atoms with Crippen LogP contribution in [0.1, 0.15) is 96.0 Å². The number of urea groups is 1. The van der Waals surface area contributed by atoms with E-state index in [0.717, 1.165) is 25.8 Å². The molecule has 4 nitrogen and oxygen atoms in total. The maximum absolute atomic E-state index is 11.7. The van der Waals surface area contributed by atoms with E-state index in [2.05, 4.69) is 17.6 Å². The number of benzene rings is 1. The number of hydrogen-bond acceptors (Lipinski definition) is 2. The standard InChI is InChI=1S/C24H42N2O2/c1-2-3-4-5-6-7-8-9-10-11-12-13-20-25-24(28)26-21-14-15-22-16-18-23(27)19-17-22/h16-19,27H,2-15,20-21H2,1H3,(H2,25,26,28). The molecule has 0 saturated carbocycles. The Kier molecular flexibility index (Phi) is 15.1. The summed E-state index contributed by atoms with van der Waals surface area (Å²) in [6.07, 6.45) is 17.8. The molecule has 1 aromatic rings. The first-order chi connectivity index (χ1) is 13.7. The van der Waals surface area contributed by atoms with Crippen molar-refractivity contribution in [3.63, 3.8) is 0 Å². The third-order valence-corrected chi connectivity index (χ3v) is 5.18. The Morgan fingerprint density at radius 3 is 1.71 bits per heavy atom. The molecule has 1 aromatic carbocycles. The van der Waals surface area contributed by atoms with E-state index in [1.54, 1.807) is 12.1 Å². The van der Waals surface area contributed by atoms with Crippen molar-refractivity contribution in [2.24, 2.45) is 0 Å². The van der Waals surface area contributed by atoms with Gasteiger partial charge in [-0.15, -0.1) is 0 Å². The Balaban J connectivity index is 1.81. The third kappa shape index (κ3) is 14.4. The summed E-state index contributed by atoms with van der Waals surface area (Å²) >= 11 is 0. The number of aryl methyl sites for hydroxylation is 1. The molecule has 0 unspecified atom stereocenters. The smallest absolute Gasteiger partial charge is 0.314 e. The Labute approximate surface area is 172 Å². The molecule has 0 saturated heterocycles. The number of unbranched alkanes of at least 4 members (excludes halogenated alkanes) is 11. The minimum absolute atomic E-state index is 0.0613. The second kappa shape index (κ2) is 17.4. The molecule has 0 aliphatic heterocycles. The maximum atomic E-state index is 11.7. The Hall–Kier alpha value is -1.71. The molecule has 0 radical (unpaired) electrons. The van der Waals surface area contributed by atoms with Crippen molar-refractivity contribution in [1.82, 2.24) is 10.6 Å². The summed E-state index contributed by atoms with van der Waals surface area (Å²) in [6, 6.07) is 7.18. The van der Waals surface area contributed by atoms with E-state index in [9.17, 15) is 9.90 Å². The van der Waals surface area contributed by atoms with Gasteiger partial charge >= 0.3 is 6.03 Å². The summed E-state index contributed by atoms with van der Waals surface area (Å²) in [5.41, 5.74) is 1.18. The topological polar surface area (TPSA) is 61.4 Å². The molecule has 0 atom stereocenters. The van der Waals surface area contributed by atoms with E-state index in [0.29, 0.717) is 12.3 Å². The first-order valence-electron chi connectivity index (χ1n) is 11.5. The molecule has 160 valence electrons. The molecular formula is C24H42N2O2. The van der Waals surface area contributed by atoms with Crippen LogP contribution < -0.4 is 10.6 Å². The van der Waals surface area contributed by atoms with Gasteiger partial charge in [-0.2, -0.15) is 0 Å². The average molecular weight is 391 g/mol. The van der Waals surface area contributed by atoms with Crippen molar-refractivity contribution < 1.29 is 9.90 Å². The molecule has 0 aromatic heterocycles. The molecule has 0 spiro atoms. The number of rotatable bonds is 17. The SMILES string of the molecule is CCCCCCCCCCCCCCNC(=O)NCCCc1ccc(O)cc1. The van der Waals surface area contributed by atoms with E-state index in [4.69, 9.17) is 0 Å². The van der Waals surface area contributed by atoms with Gasteiger partial charge in [-0.3, -0.25) is 0 Å². The highest BCUT2D eigenvalue weighted by Gasteiger charge is 2.00. The number of carbonyl (C=O) groups is 1. The number of amides is 2. The first kappa shape index (κ1) is 24.3. The van der Waals surface area contributed by atoms with Crippen LogP contribution in [-0.2, 0) is 6.42 Å². The quantitative estimate of drug-likeness (QED) is 0.272.